The molecule has 1 amide bonds. The standard InChI is InChI=1S/C28H32N6O2/c1-2-16-13-19(35)8-10-20(16)18-7-9-21-23(14-18)32-33-26(21)27-30-22-11-12-34(15-24(22)31-27)28(36)25(29)17-5-3-4-6-17/h7-10,13-14,17,25,35H,2-6,11-12,15,29H2,1H3,(H,30,31)(H,32,33)/t25-/m0/s1. The number of aryl methyl sites for hydroxylation is 1. The third-order valence-corrected chi connectivity index (χ3v) is 7.90. The lowest BCUT2D eigenvalue weighted by Crippen LogP contribution is -2.48. The summed E-state index contributed by atoms with van der Waals surface area (Å²) in [5.74, 6) is 1.36. The van der Waals surface area contributed by atoms with Crippen LogP contribution in [0.2, 0.25) is 0 Å². The van der Waals surface area contributed by atoms with Gasteiger partial charge in [0.25, 0.3) is 0 Å². The Balaban J connectivity index is 1.25. The number of rotatable bonds is 5. The van der Waals surface area contributed by atoms with Crippen LogP contribution in [0, 0.1) is 5.92 Å². The summed E-state index contributed by atoms with van der Waals surface area (Å²) in [5, 5.41) is 18.6. The van der Waals surface area contributed by atoms with E-state index in [4.69, 9.17) is 10.7 Å². The summed E-state index contributed by atoms with van der Waals surface area (Å²) in [6, 6.07) is 11.3. The Bertz CT molecular complexity index is 1430. The van der Waals surface area contributed by atoms with Crippen LogP contribution in [-0.4, -0.2) is 48.7 Å². The van der Waals surface area contributed by atoms with Crippen LogP contribution in [0.3, 0.4) is 0 Å². The number of nitrogens with one attached hydrogen (secondary N) is 2. The van der Waals surface area contributed by atoms with Gasteiger partial charge in [0.1, 0.15) is 11.4 Å². The molecule has 186 valence electrons. The average molecular weight is 485 g/mol. The highest BCUT2D eigenvalue weighted by Crippen LogP contribution is 2.33. The second-order valence-electron chi connectivity index (χ2n) is 10.1. The summed E-state index contributed by atoms with van der Waals surface area (Å²) in [7, 11) is 0. The van der Waals surface area contributed by atoms with Gasteiger partial charge in [0.05, 0.1) is 29.5 Å². The lowest BCUT2D eigenvalue weighted by molar-refractivity contribution is -0.134. The van der Waals surface area contributed by atoms with E-state index in [1.165, 1.54) is 12.8 Å². The van der Waals surface area contributed by atoms with Gasteiger partial charge in [-0.3, -0.25) is 9.89 Å². The number of aromatic nitrogens is 4. The maximum Gasteiger partial charge on any atom is 0.240 e. The minimum Gasteiger partial charge on any atom is -0.508 e. The number of hydrogen-bond donors (Lipinski definition) is 4. The van der Waals surface area contributed by atoms with Gasteiger partial charge in [-0.2, -0.15) is 5.10 Å². The van der Waals surface area contributed by atoms with Crippen LogP contribution in [0.4, 0.5) is 0 Å². The fourth-order valence-electron chi connectivity index (χ4n) is 5.84. The quantitative estimate of drug-likeness (QED) is 0.336. The molecule has 8 nitrogen and oxygen atoms in total. The highest BCUT2D eigenvalue weighted by molar-refractivity contribution is 5.94. The molecule has 0 unspecified atom stereocenters. The predicted molar refractivity (Wildman–Crippen MR) is 139 cm³/mol. The zero-order chi connectivity index (χ0) is 24.8. The monoisotopic (exact) mass is 484 g/mol. The van der Waals surface area contributed by atoms with Crippen molar-refractivity contribution < 1.29 is 9.90 Å². The van der Waals surface area contributed by atoms with Crippen LogP contribution in [0.25, 0.3) is 33.5 Å². The normalized spacial score (nSPS) is 17.0. The van der Waals surface area contributed by atoms with E-state index in [2.05, 4.69) is 40.3 Å². The third kappa shape index (κ3) is 3.95. The molecule has 8 heteroatoms. The van der Waals surface area contributed by atoms with Crippen LogP contribution in [0.1, 0.15) is 49.6 Å². The number of aromatic hydroxyl groups is 1. The van der Waals surface area contributed by atoms with Crippen LogP contribution in [0.5, 0.6) is 5.75 Å². The van der Waals surface area contributed by atoms with Gasteiger partial charge >= 0.3 is 0 Å². The zero-order valence-corrected chi connectivity index (χ0v) is 20.6. The number of amides is 1. The van der Waals surface area contributed by atoms with E-state index in [1.807, 2.05) is 17.0 Å². The Morgan fingerprint density at radius 1 is 1.22 bits per heavy atom. The van der Waals surface area contributed by atoms with Gasteiger partial charge in [-0.15, -0.1) is 0 Å². The summed E-state index contributed by atoms with van der Waals surface area (Å²) in [6.07, 6.45) is 6.00. The fourth-order valence-corrected chi connectivity index (χ4v) is 5.84. The maximum atomic E-state index is 13.1. The second kappa shape index (κ2) is 9.09. The molecule has 36 heavy (non-hydrogen) atoms. The molecule has 1 aliphatic carbocycles. The largest absolute Gasteiger partial charge is 0.508 e. The molecule has 0 bridgehead atoms. The van der Waals surface area contributed by atoms with E-state index in [-0.39, 0.29) is 11.7 Å². The van der Waals surface area contributed by atoms with E-state index < -0.39 is 6.04 Å². The second-order valence-corrected chi connectivity index (χ2v) is 10.1. The Hall–Kier alpha value is -3.65. The molecule has 0 spiro atoms. The average Bonchev–Trinajstić information content (AvgIpc) is 3.66. The minimum absolute atomic E-state index is 0.0575. The number of aromatic amines is 2. The lowest BCUT2D eigenvalue weighted by Gasteiger charge is -2.30. The Kier molecular flexibility index (Phi) is 5.76. The highest BCUT2D eigenvalue weighted by atomic mass is 16.3. The van der Waals surface area contributed by atoms with Gasteiger partial charge in [0.15, 0.2) is 5.82 Å². The number of imidazole rings is 1. The molecule has 1 aliphatic heterocycles. The summed E-state index contributed by atoms with van der Waals surface area (Å²) in [5.41, 5.74) is 13.3. The first-order valence-corrected chi connectivity index (χ1v) is 12.9. The molecule has 4 aromatic rings. The number of phenolic OH excluding ortho intramolecular Hbond substituents is 1. The fraction of sp³-hybridized carbons (Fsp3) is 0.393. The molecule has 1 saturated carbocycles. The van der Waals surface area contributed by atoms with Crippen molar-refractivity contribution in [2.45, 2.75) is 58.0 Å². The number of H-pyrrole nitrogens is 2. The van der Waals surface area contributed by atoms with Crippen molar-refractivity contribution in [2.75, 3.05) is 6.54 Å². The number of fused-ring (bicyclic) bond motifs is 2. The lowest BCUT2D eigenvalue weighted by atomic mass is 9.97. The topological polar surface area (TPSA) is 124 Å². The Morgan fingerprint density at radius 3 is 2.86 bits per heavy atom. The number of phenols is 1. The molecule has 2 aromatic carbocycles. The number of carbonyl (C=O) groups excluding carboxylic acids is 1. The van der Waals surface area contributed by atoms with Crippen LogP contribution < -0.4 is 5.73 Å². The van der Waals surface area contributed by atoms with Crippen LogP contribution >= 0.6 is 0 Å². The van der Waals surface area contributed by atoms with Crippen LogP contribution in [0.15, 0.2) is 36.4 Å². The molecule has 0 radical (unpaired) electrons. The van der Waals surface area contributed by atoms with Crippen molar-refractivity contribution in [3.05, 3.63) is 53.3 Å². The molecule has 1 fully saturated rings. The smallest absolute Gasteiger partial charge is 0.240 e. The summed E-state index contributed by atoms with van der Waals surface area (Å²) in [4.78, 5) is 23.2. The van der Waals surface area contributed by atoms with Crippen molar-refractivity contribution in [2.24, 2.45) is 11.7 Å². The molecule has 2 aromatic heterocycles. The summed E-state index contributed by atoms with van der Waals surface area (Å²) >= 11 is 0. The maximum absolute atomic E-state index is 13.1. The van der Waals surface area contributed by atoms with E-state index in [1.54, 1.807) is 6.07 Å². The van der Waals surface area contributed by atoms with Crippen molar-refractivity contribution in [1.82, 2.24) is 25.1 Å². The number of nitrogens with zero attached hydrogens (tertiary/aromatic N) is 3. The van der Waals surface area contributed by atoms with Crippen molar-refractivity contribution in [1.29, 1.82) is 0 Å². The number of carbonyl (C=O) groups is 1. The molecule has 3 heterocycles. The van der Waals surface area contributed by atoms with Gasteiger partial charge < -0.3 is 20.7 Å². The first kappa shape index (κ1) is 22.8. The van der Waals surface area contributed by atoms with Gasteiger partial charge in [-0.05, 0) is 66.1 Å². The van der Waals surface area contributed by atoms with Gasteiger partial charge in [0.2, 0.25) is 5.91 Å². The predicted octanol–water partition coefficient (Wildman–Crippen LogP) is 4.29. The van der Waals surface area contributed by atoms with E-state index in [9.17, 15) is 9.90 Å². The Morgan fingerprint density at radius 2 is 2.06 bits per heavy atom. The summed E-state index contributed by atoms with van der Waals surface area (Å²) < 4.78 is 0. The SMILES string of the molecule is CCc1cc(O)ccc1-c1ccc2c(-c3nc4c([nH]3)CN(C(=O)[C@@H](N)C3CCCC3)CC4)n[nH]c2c1. The Labute approximate surface area is 209 Å². The molecule has 5 N–H and O–H groups in total. The van der Waals surface area contributed by atoms with Gasteiger partial charge in [-0.1, -0.05) is 31.9 Å². The van der Waals surface area contributed by atoms with Gasteiger partial charge in [0, 0.05) is 18.4 Å². The minimum atomic E-state index is -0.400. The first-order chi connectivity index (χ1) is 17.5. The molecule has 2 aliphatic rings. The highest BCUT2D eigenvalue weighted by Gasteiger charge is 2.33. The third-order valence-electron chi connectivity index (χ3n) is 7.90. The van der Waals surface area contributed by atoms with Crippen LogP contribution in [-0.2, 0) is 24.2 Å². The molecular weight excluding hydrogens is 452 g/mol. The number of benzene rings is 2. The summed E-state index contributed by atoms with van der Waals surface area (Å²) in [6.45, 7) is 3.24. The zero-order valence-electron chi connectivity index (χ0n) is 20.6. The van der Waals surface area contributed by atoms with Crippen molar-refractivity contribution >= 4 is 16.8 Å². The van der Waals surface area contributed by atoms with E-state index >= 15 is 0 Å². The van der Waals surface area contributed by atoms with Crippen molar-refractivity contribution in [3.8, 4) is 28.4 Å². The first-order valence-electron chi connectivity index (χ1n) is 12.9. The van der Waals surface area contributed by atoms with Gasteiger partial charge in [-0.25, -0.2) is 4.98 Å². The molecule has 6 rings (SSSR count). The number of hydrogen-bond acceptors (Lipinski definition) is 5. The molecule has 0 saturated heterocycles. The van der Waals surface area contributed by atoms with E-state index in [0.717, 1.165) is 63.9 Å². The van der Waals surface area contributed by atoms with E-state index in [0.29, 0.717) is 31.3 Å². The number of nitrogens with two attached hydrogens (primary N) is 1. The van der Waals surface area contributed by atoms with Crippen molar-refractivity contribution in [3.63, 3.8) is 0 Å². The molecular formula is C28H32N6O2. The molecule has 1 atom stereocenters.